The highest BCUT2D eigenvalue weighted by atomic mass is 127. The molecule has 1 atom stereocenters. The molecule has 140 valence electrons. The number of alkyl halides is 2. The van der Waals surface area contributed by atoms with Crippen molar-refractivity contribution in [3.8, 4) is 0 Å². The predicted octanol–water partition coefficient (Wildman–Crippen LogP) is 1.47. The van der Waals surface area contributed by atoms with Gasteiger partial charge in [-0.05, 0) is 12.8 Å². The van der Waals surface area contributed by atoms with Crippen molar-refractivity contribution in [3.63, 3.8) is 0 Å². The number of amides is 3. The Bertz CT molecular complexity index is 524. The molecule has 3 amide bonds. The second-order valence-electron chi connectivity index (χ2n) is 5.52. The van der Waals surface area contributed by atoms with E-state index < -0.39 is 23.8 Å². The van der Waals surface area contributed by atoms with Crippen LogP contribution in [0.15, 0.2) is 0 Å². The quantitative estimate of drug-likeness (QED) is 0.172. The number of hydrogen-bond acceptors (Lipinski definition) is 6. The van der Waals surface area contributed by atoms with E-state index in [1.807, 2.05) is 45.2 Å². The van der Waals surface area contributed by atoms with Crippen LogP contribution in [0.25, 0.3) is 0 Å². The van der Waals surface area contributed by atoms with Gasteiger partial charge in [-0.3, -0.25) is 19.2 Å². The summed E-state index contributed by atoms with van der Waals surface area (Å²) in [6.07, 6.45) is 2.90. The van der Waals surface area contributed by atoms with E-state index >= 15 is 0 Å². The van der Waals surface area contributed by atoms with E-state index in [2.05, 4.69) is 5.32 Å². The number of unbranched alkanes of at least 4 members (excludes halogenated alkanes) is 2. The van der Waals surface area contributed by atoms with Crippen molar-refractivity contribution in [2.75, 3.05) is 8.86 Å². The van der Waals surface area contributed by atoms with Crippen LogP contribution in [0.3, 0.4) is 0 Å². The Hall–Kier alpha value is -0.790. The lowest BCUT2D eigenvalue weighted by Crippen LogP contribution is -2.45. The third-order valence-corrected chi connectivity index (χ3v) is 5.07. The molecule has 0 aliphatic carbocycles. The number of rotatable bonds is 11. The van der Waals surface area contributed by atoms with Gasteiger partial charge in [-0.1, -0.05) is 58.0 Å². The van der Waals surface area contributed by atoms with Gasteiger partial charge in [0, 0.05) is 19.3 Å². The number of halogens is 2. The Balaban J connectivity index is 2.52. The van der Waals surface area contributed by atoms with Gasteiger partial charge in [0.2, 0.25) is 5.91 Å². The normalized spacial score (nSPS) is 15.2. The van der Waals surface area contributed by atoms with E-state index in [1.54, 1.807) is 0 Å². The Morgan fingerprint density at radius 3 is 2.24 bits per heavy atom. The maximum Gasteiger partial charge on any atom is 0.355 e. The first-order valence-electron chi connectivity index (χ1n) is 7.89. The number of ketones is 1. The first-order chi connectivity index (χ1) is 11.9. The lowest BCUT2D eigenvalue weighted by atomic mass is 10.1. The van der Waals surface area contributed by atoms with Gasteiger partial charge in [0.05, 0.1) is 8.86 Å². The van der Waals surface area contributed by atoms with E-state index in [1.165, 1.54) is 0 Å². The van der Waals surface area contributed by atoms with E-state index in [4.69, 9.17) is 4.84 Å². The molecule has 10 heteroatoms. The predicted molar refractivity (Wildman–Crippen MR) is 105 cm³/mol. The molecule has 1 fully saturated rings. The molecule has 0 aromatic carbocycles. The minimum atomic E-state index is -0.927. The molecule has 25 heavy (non-hydrogen) atoms. The second-order valence-corrected chi connectivity index (χ2v) is 7.04. The van der Waals surface area contributed by atoms with Crippen LogP contribution in [0.2, 0.25) is 0 Å². The molecule has 1 aliphatic rings. The average Bonchev–Trinajstić information content (AvgIpc) is 2.91. The van der Waals surface area contributed by atoms with E-state index in [0.717, 1.165) is 6.42 Å². The summed E-state index contributed by atoms with van der Waals surface area (Å²) < 4.78 is 0.656. The average molecular weight is 578 g/mol. The Morgan fingerprint density at radius 1 is 1.04 bits per heavy atom. The lowest BCUT2D eigenvalue weighted by Gasteiger charge is -2.19. The van der Waals surface area contributed by atoms with Gasteiger partial charge in [0.1, 0.15) is 11.8 Å². The molecule has 1 heterocycles. The number of carbonyl (C=O) groups is 5. The summed E-state index contributed by atoms with van der Waals surface area (Å²) in [5, 5.41) is 3.02. The standard InChI is InChI=1S/C15H20I2N2O6/c16-8-10(20)4-2-1-3-5-11(18-12(21)9-17)15(24)25-19-13(22)6-7-14(19)23/h11H,1-9H2,(H,18,21)/t11-/m0/s1. The molecular weight excluding hydrogens is 558 g/mol. The largest absolute Gasteiger partial charge is 0.355 e. The zero-order valence-electron chi connectivity index (χ0n) is 13.6. The fraction of sp³-hybridized carbons (Fsp3) is 0.667. The molecule has 8 nitrogen and oxygen atoms in total. The maximum absolute atomic E-state index is 12.2. The van der Waals surface area contributed by atoms with Gasteiger partial charge >= 0.3 is 5.97 Å². The molecule has 0 spiro atoms. The Labute approximate surface area is 173 Å². The number of hydrogen-bond donors (Lipinski definition) is 1. The van der Waals surface area contributed by atoms with Crippen LogP contribution < -0.4 is 5.32 Å². The SMILES string of the molecule is O=C(CI)CCCCC[C@H](NC(=O)CI)C(=O)ON1C(=O)CCC1=O. The molecule has 0 saturated carbocycles. The summed E-state index contributed by atoms with van der Waals surface area (Å²) in [7, 11) is 0. The highest BCUT2D eigenvalue weighted by Gasteiger charge is 2.35. The van der Waals surface area contributed by atoms with Crippen LogP contribution in [0.4, 0.5) is 0 Å². The molecule has 1 N–H and O–H groups in total. The first-order valence-corrected chi connectivity index (χ1v) is 10.9. The smallest absolute Gasteiger partial charge is 0.342 e. The molecule has 1 aliphatic heterocycles. The molecule has 0 aromatic heterocycles. The summed E-state index contributed by atoms with van der Waals surface area (Å²) in [6.45, 7) is 0. The van der Waals surface area contributed by atoms with E-state index in [-0.39, 0.29) is 29.0 Å². The summed E-state index contributed by atoms with van der Waals surface area (Å²) in [5.74, 6) is -2.10. The molecule has 0 aromatic rings. The second kappa shape index (κ2) is 11.8. The Morgan fingerprint density at radius 2 is 1.68 bits per heavy atom. The van der Waals surface area contributed by atoms with Crippen molar-refractivity contribution in [1.29, 1.82) is 0 Å². The molecule has 0 bridgehead atoms. The fourth-order valence-corrected chi connectivity index (χ4v) is 2.81. The molecule has 0 unspecified atom stereocenters. The van der Waals surface area contributed by atoms with Crippen LogP contribution in [-0.2, 0) is 28.8 Å². The highest BCUT2D eigenvalue weighted by Crippen LogP contribution is 2.14. The number of nitrogens with zero attached hydrogens (tertiary/aromatic N) is 1. The topological polar surface area (TPSA) is 110 Å². The number of nitrogens with one attached hydrogen (secondary N) is 1. The van der Waals surface area contributed by atoms with E-state index in [9.17, 15) is 24.0 Å². The van der Waals surface area contributed by atoms with Crippen LogP contribution in [-0.4, -0.2) is 49.4 Å². The van der Waals surface area contributed by atoms with Gasteiger partial charge in [0.15, 0.2) is 0 Å². The summed E-state index contributed by atoms with van der Waals surface area (Å²) in [4.78, 5) is 63.0. The molecule has 1 rings (SSSR count). The number of imide groups is 1. The maximum atomic E-state index is 12.2. The fourth-order valence-electron chi connectivity index (χ4n) is 2.21. The van der Waals surface area contributed by atoms with Gasteiger partial charge in [-0.2, -0.15) is 0 Å². The van der Waals surface area contributed by atoms with Crippen molar-refractivity contribution in [3.05, 3.63) is 0 Å². The van der Waals surface area contributed by atoms with E-state index in [0.29, 0.717) is 35.2 Å². The Kier molecular flexibility index (Phi) is 10.5. The molecular formula is C15H20I2N2O6. The third-order valence-electron chi connectivity index (χ3n) is 3.53. The number of hydroxylamine groups is 2. The lowest BCUT2D eigenvalue weighted by molar-refractivity contribution is -0.199. The highest BCUT2D eigenvalue weighted by molar-refractivity contribution is 14.1. The number of carbonyl (C=O) groups excluding carboxylic acids is 5. The monoisotopic (exact) mass is 578 g/mol. The molecule has 0 radical (unpaired) electrons. The minimum absolute atomic E-state index is 0.0156. The zero-order chi connectivity index (χ0) is 18.8. The van der Waals surface area contributed by atoms with Crippen LogP contribution in [0.1, 0.15) is 44.9 Å². The summed E-state index contributed by atoms with van der Waals surface area (Å²) in [6, 6.07) is -0.927. The summed E-state index contributed by atoms with van der Waals surface area (Å²) >= 11 is 3.89. The van der Waals surface area contributed by atoms with Crippen LogP contribution >= 0.6 is 45.2 Å². The van der Waals surface area contributed by atoms with Crippen molar-refractivity contribution in [2.24, 2.45) is 0 Å². The number of Topliss-reactive ketones (excluding diaryl/α,β-unsaturated/α-hetero) is 1. The van der Waals surface area contributed by atoms with Gasteiger partial charge < -0.3 is 10.2 Å². The van der Waals surface area contributed by atoms with Gasteiger partial charge in [-0.15, -0.1) is 5.06 Å². The third kappa shape index (κ3) is 7.96. The van der Waals surface area contributed by atoms with Crippen molar-refractivity contribution < 1.29 is 28.8 Å². The minimum Gasteiger partial charge on any atom is -0.342 e. The van der Waals surface area contributed by atoms with Crippen LogP contribution in [0.5, 0.6) is 0 Å². The van der Waals surface area contributed by atoms with Gasteiger partial charge in [-0.25, -0.2) is 4.79 Å². The zero-order valence-corrected chi connectivity index (χ0v) is 17.9. The van der Waals surface area contributed by atoms with Crippen molar-refractivity contribution >= 4 is 74.7 Å². The first kappa shape index (κ1) is 22.3. The molecule has 1 saturated heterocycles. The van der Waals surface area contributed by atoms with Crippen LogP contribution in [0, 0.1) is 0 Å². The van der Waals surface area contributed by atoms with Gasteiger partial charge in [0.25, 0.3) is 11.8 Å². The van der Waals surface area contributed by atoms with Crippen molar-refractivity contribution in [2.45, 2.75) is 51.0 Å². The summed E-state index contributed by atoms with van der Waals surface area (Å²) in [5.41, 5.74) is 0. The van der Waals surface area contributed by atoms with Crippen molar-refractivity contribution in [1.82, 2.24) is 10.4 Å².